The number of carbonyl (C=O) groups excluding carboxylic acids is 3. The van der Waals surface area contributed by atoms with Crippen molar-refractivity contribution in [2.75, 3.05) is 26.1 Å². The topological polar surface area (TPSA) is 90.9 Å². The van der Waals surface area contributed by atoms with Crippen molar-refractivity contribution >= 4 is 23.5 Å². The van der Waals surface area contributed by atoms with Crippen molar-refractivity contribution in [1.29, 1.82) is 0 Å². The van der Waals surface area contributed by atoms with Crippen LogP contribution in [0.15, 0.2) is 42.5 Å². The molecule has 7 nitrogen and oxygen atoms in total. The number of nitrogens with one attached hydrogen (secondary N) is 1. The fourth-order valence-corrected chi connectivity index (χ4v) is 2.18. The minimum atomic E-state index is -0.673. The zero-order valence-electron chi connectivity index (χ0n) is 14.7. The highest BCUT2D eigenvalue weighted by atomic mass is 16.5. The van der Waals surface area contributed by atoms with E-state index in [2.05, 4.69) is 10.1 Å². The van der Waals surface area contributed by atoms with Crippen LogP contribution in [-0.2, 0) is 14.3 Å². The molecule has 0 heterocycles. The summed E-state index contributed by atoms with van der Waals surface area (Å²) in [4.78, 5) is 35.3. The Kier molecular flexibility index (Phi) is 6.32. The van der Waals surface area contributed by atoms with Crippen LogP contribution in [-0.4, -0.2) is 38.7 Å². The number of anilines is 1. The third-order valence-corrected chi connectivity index (χ3v) is 3.51. The van der Waals surface area contributed by atoms with E-state index < -0.39 is 24.5 Å². The summed E-state index contributed by atoms with van der Waals surface area (Å²) in [6.45, 7) is 1.43. The molecule has 26 heavy (non-hydrogen) atoms. The third-order valence-electron chi connectivity index (χ3n) is 3.51. The summed E-state index contributed by atoms with van der Waals surface area (Å²) in [5, 5.41) is 2.64. The maximum absolute atomic E-state index is 12.0. The Morgan fingerprint density at radius 1 is 0.923 bits per heavy atom. The summed E-state index contributed by atoms with van der Waals surface area (Å²) in [7, 11) is 2.77. The number of hydrogen-bond donors (Lipinski definition) is 1. The molecule has 1 amide bonds. The lowest BCUT2D eigenvalue weighted by atomic mass is 10.1. The number of methoxy groups -OCH3 is 2. The first-order valence-corrected chi connectivity index (χ1v) is 7.74. The van der Waals surface area contributed by atoms with Crippen LogP contribution in [0, 0.1) is 6.92 Å². The summed E-state index contributed by atoms with van der Waals surface area (Å²) >= 11 is 0. The first-order valence-electron chi connectivity index (χ1n) is 7.74. The largest absolute Gasteiger partial charge is 0.495 e. The van der Waals surface area contributed by atoms with Crippen LogP contribution in [0.2, 0.25) is 0 Å². The number of carbonyl (C=O) groups is 3. The van der Waals surface area contributed by atoms with Crippen molar-refractivity contribution < 1.29 is 28.6 Å². The second-order valence-electron chi connectivity index (χ2n) is 5.40. The molecule has 0 saturated carbocycles. The summed E-state index contributed by atoms with van der Waals surface area (Å²) in [6, 6.07) is 11.1. The van der Waals surface area contributed by atoms with Crippen LogP contribution in [0.25, 0.3) is 0 Å². The van der Waals surface area contributed by atoms with Crippen LogP contribution < -0.4 is 10.1 Å². The quantitative estimate of drug-likeness (QED) is 0.799. The first-order chi connectivity index (χ1) is 12.4. The van der Waals surface area contributed by atoms with Crippen molar-refractivity contribution in [3.63, 3.8) is 0 Å². The van der Waals surface area contributed by atoms with Gasteiger partial charge in [0.15, 0.2) is 6.61 Å². The van der Waals surface area contributed by atoms with Gasteiger partial charge in [-0.05, 0) is 48.9 Å². The zero-order chi connectivity index (χ0) is 19.1. The molecule has 0 aromatic heterocycles. The van der Waals surface area contributed by atoms with E-state index in [1.54, 1.807) is 12.1 Å². The Morgan fingerprint density at radius 2 is 1.54 bits per heavy atom. The predicted octanol–water partition coefficient (Wildman–Crippen LogP) is 2.59. The monoisotopic (exact) mass is 357 g/mol. The smallest absolute Gasteiger partial charge is 0.338 e. The number of amides is 1. The molecule has 136 valence electrons. The van der Waals surface area contributed by atoms with Gasteiger partial charge in [-0.25, -0.2) is 9.59 Å². The number of benzene rings is 2. The second-order valence-corrected chi connectivity index (χ2v) is 5.40. The van der Waals surface area contributed by atoms with Gasteiger partial charge < -0.3 is 19.5 Å². The van der Waals surface area contributed by atoms with E-state index in [1.807, 2.05) is 13.0 Å². The highest BCUT2D eigenvalue weighted by molar-refractivity contribution is 5.97. The molecular formula is C19H19NO6. The number of aryl methyl sites for hydroxylation is 1. The third kappa shape index (κ3) is 4.83. The van der Waals surface area contributed by atoms with Crippen LogP contribution in [0.4, 0.5) is 5.69 Å². The minimum absolute atomic E-state index is 0.221. The van der Waals surface area contributed by atoms with Crippen molar-refractivity contribution in [3.8, 4) is 5.75 Å². The molecule has 0 spiro atoms. The lowest BCUT2D eigenvalue weighted by Crippen LogP contribution is -2.21. The maximum atomic E-state index is 12.0. The van der Waals surface area contributed by atoms with E-state index in [-0.39, 0.29) is 5.56 Å². The van der Waals surface area contributed by atoms with Crippen LogP contribution in [0.1, 0.15) is 26.3 Å². The van der Waals surface area contributed by atoms with Gasteiger partial charge in [-0.15, -0.1) is 0 Å². The Bertz CT molecular complexity index is 813. The fourth-order valence-electron chi connectivity index (χ4n) is 2.18. The van der Waals surface area contributed by atoms with Gasteiger partial charge >= 0.3 is 11.9 Å². The van der Waals surface area contributed by atoms with Gasteiger partial charge in [0, 0.05) is 0 Å². The molecule has 0 aliphatic rings. The molecule has 7 heteroatoms. The molecule has 2 aromatic carbocycles. The van der Waals surface area contributed by atoms with Crippen LogP contribution in [0.3, 0.4) is 0 Å². The SMILES string of the molecule is COC(=O)c1ccc(C(=O)OCC(=O)Nc2cc(C)ccc2OC)cc1. The van der Waals surface area contributed by atoms with Crippen molar-refractivity contribution in [3.05, 3.63) is 59.2 Å². The molecule has 0 atom stereocenters. The molecular weight excluding hydrogens is 338 g/mol. The number of rotatable bonds is 6. The molecule has 2 aromatic rings. The predicted molar refractivity (Wildman–Crippen MR) is 94.4 cm³/mol. The highest BCUT2D eigenvalue weighted by Gasteiger charge is 2.13. The minimum Gasteiger partial charge on any atom is -0.495 e. The molecule has 0 saturated heterocycles. The maximum Gasteiger partial charge on any atom is 0.338 e. The normalized spacial score (nSPS) is 9.96. The summed E-state index contributed by atoms with van der Waals surface area (Å²) < 4.78 is 14.7. The summed E-state index contributed by atoms with van der Waals surface area (Å²) in [5.74, 6) is -1.16. The van der Waals surface area contributed by atoms with Gasteiger partial charge in [0.1, 0.15) is 5.75 Å². The lowest BCUT2D eigenvalue weighted by molar-refractivity contribution is -0.119. The summed E-state index contributed by atoms with van der Waals surface area (Å²) in [6.07, 6.45) is 0. The lowest BCUT2D eigenvalue weighted by Gasteiger charge is -2.11. The number of hydrogen-bond acceptors (Lipinski definition) is 6. The standard InChI is InChI=1S/C19H19NO6/c1-12-4-9-16(24-2)15(10-12)20-17(21)11-26-19(23)14-7-5-13(6-8-14)18(22)25-3/h4-10H,11H2,1-3H3,(H,20,21). The molecule has 0 unspecified atom stereocenters. The van der Waals surface area contributed by atoms with Crippen LogP contribution in [0.5, 0.6) is 5.75 Å². The van der Waals surface area contributed by atoms with Gasteiger partial charge in [0.05, 0.1) is 31.0 Å². The van der Waals surface area contributed by atoms with Crippen molar-refractivity contribution in [2.24, 2.45) is 0 Å². The number of esters is 2. The van der Waals surface area contributed by atoms with E-state index in [0.717, 1.165) is 5.56 Å². The van der Waals surface area contributed by atoms with E-state index >= 15 is 0 Å². The molecule has 0 bridgehead atoms. The van der Waals surface area contributed by atoms with Gasteiger partial charge in [-0.3, -0.25) is 4.79 Å². The zero-order valence-corrected chi connectivity index (χ0v) is 14.7. The van der Waals surface area contributed by atoms with Gasteiger partial charge in [-0.1, -0.05) is 6.07 Å². The highest BCUT2D eigenvalue weighted by Crippen LogP contribution is 2.25. The summed E-state index contributed by atoms with van der Waals surface area (Å²) in [5.41, 5.74) is 1.98. The van der Waals surface area contributed by atoms with Crippen LogP contribution >= 0.6 is 0 Å². The Labute approximate surface area is 150 Å². The first kappa shape index (κ1) is 19.0. The average Bonchev–Trinajstić information content (AvgIpc) is 2.65. The molecule has 0 aliphatic carbocycles. The van der Waals surface area contributed by atoms with E-state index in [4.69, 9.17) is 9.47 Å². The average molecular weight is 357 g/mol. The van der Waals surface area contributed by atoms with Gasteiger partial charge in [0.2, 0.25) is 0 Å². The van der Waals surface area contributed by atoms with Crippen molar-refractivity contribution in [1.82, 2.24) is 0 Å². The molecule has 1 N–H and O–H groups in total. The molecule has 0 fully saturated rings. The molecule has 0 radical (unpaired) electrons. The molecule has 0 aliphatic heterocycles. The van der Waals surface area contributed by atoms with E-state index in [9.17, 15) is 14.4 Å². The Hall–Kier alpha value is -3.35. The van der Waals surface area contributed by atoms with E-state index in [1.165, 1.54) is 38.5 Å². The van der Waals surface area contributed by atoms with E-state index in [0.29, 0.717) is 17.0 Å². The Balaban J connectivity index is 1.94. The Morgan fingerprint density at radius 3 is 2.12 bits per heavy atom. The number of ether oxygens (including phenoxy) is 3. The second kappa shape index (κ2) is 8.66. The molecule has 2 rings (SSSR count). The van der Waals surface area contributed by atoms with Gasteiger partial charge in [-0.2, -0.15) is 0 Å². The fraction of sp³-hybridized carbons (Fsp3) is 0.211. The van der Waals surface area contributed by atoms with Gasteiger partial charge in [0.25, 0.3) is 5.91 Å². The van der Waals surface area contributed by atoms with Crippen molar-refractivity contribution in [2.45, 2.75) is 6.92 Å².